The van der Waals surface area contributed by atoms with Crippen molar-refractivity contribution in [1.82, 2.24) is 0 Å². The minimum Gasteiger partial charge on any atom is -0.207 e. The molecule has 5 heteroatoms. The monoisotopic (exact) mass is 392 g/mol. The van der Waals surface area contributed by atoms with Crippen LogP contribution < -0.4 is 15.6 Å². The van der Waals surface area contributed by atoms with Crippen LogP contribution in [0, 0.1) is 17.5 Å². The highest BCUT2D eigenvalue weighted by Crippen LogP contribution is 2.15. The Balaban J connectivity index is 2.21. The average Bonchev–Trinajstić information content (AvgIpc) is 2.56. The second-order valence-electron chi connectivity index (χ2n) is 5.18. The lowest BCUT2D eigenvalue weighted by Gasteiger charge is -2.27. The van der Waals surface area contributed by atoms with Crippen LogP contribution in [-0.4, -0.2) is 6.69 Å². The van der Waals surface area contributed by atoms with Crippen molar-refractivity contribution >= 4 is 37.5 Å². The molecule has 0 aliphatic carbocycles. The summed E-state index contributed by atoms with van der Waals surface area (Å²) in [5.74, 6) is -0.970. The maximum atomic E-state index is 13.3. The fourth-order valence-corrected chi connectivity index (χ4v) is 7.80. The second-order valence-corrected chi connectivity index (χ2v) is 11.8. The second kappa shape index (κ2) is 6.33. The summed E-state index contributed by atoms with van der Waals surface area (Å²) in [6, 6.07) is 18.6. The summed E-state index contributed by atoms with van der Waals surface area (Å²) < 4.78 is 39.9. The quantitative estimate of drug-likeness (QED) is 0.363. The average molecular weight is 393 g/mol. The Kier molecular flexibility index (Phi) is 4.41. The molecule has 0 heterocycles. The largest absolute Gasteiger partial charge is 0.221 e. The zero-order valence-electron chi connectivity index (χ0n) is 11.9. The van der Waals surface area contributed by atoms with Gasteiger partial charge in [-0.25, -0.2) is 13.2 Å². The lowest BCUT2D eigenvalue weighted by molar-refractivity contribution is 0.628. The molecule has 0 aliphatic rings. The van der Waals surface area contributed by atoms with Gasteiger partial charge in [-0.1, -0.05) is 36.4 Å². The highest BCUT2D eigenvalue weighted by Gasteiger charge is 2.37. The number of benzene rings is 3. The molecule has 3 aromatic rings. The van der Waals surface area contributed by atoms with E-state index in [0.717, 1.165) is 15.6 Å². The highest BCUT2D eigenvalue weighted by molar-refractivity contribution is 9.27. The molecule has 0 radical (unpaired) electrons. The molecular formula is C18H12BrF3Si. The summed E-state index contributed by atoms with van der Waals surface area (Å²) >= 11 is 3.86. The van der Waals surface area contributed by atoms with Gasteiger partial charge in [-0.3, -0.25) is 0 Å². The van der Waals surface area contributed by atoms with Crippen LogP contribution >= 0.6 is 15.3 Å². The minimum absolute atomic E-state index is 0.323. The maximum absolute atomic E-state index is 13.3. The van der Waals surface area contributed by atoms with Crippen LogP contribution in [0.1, 0.15) is 0 Å². The summed E-state index contributed by atoms with van der Waals surface area (Å²) in [7, 11) is 0. The van der Waals surface area contributed by atoms with Crippen LogP contribution in [0.2, 0.25) is 0 Å². The van der Waals surface area contributed by atoms with Crippen molar-refractivity contribution in [2.75, 3.05) is 0 Å². The maximum Gasteiger partial charge on any atom is 0.221 e. The summed E-state index contributed by atoms with van der Waals surface area (Å²) in [6.07, 6.45) is 0. The van der Waals surface area contributed by atoms with Crippen molar-refractivity contribution in [2.24, 2.45) is 0 Å². The van der Waals surface area contributed by atoms with E-state index in [1.807, 2.05) is 0 Å². The third-order valence-corrected chi connectivity index (χ3v) is 11.2. The fraction of sp³-hybridized carbons (Fsp3) is 0. The van der Waals surface area contributed by atoms with Gasteiger partial charge < -0.3 is 0 Å². The molecule has 0 nitrogen and oxygen atoms in total. The van der Waals surface area contributed by atoms with Gasteiger partial charge in [0.05, 0.1) is 0 Å². The van der Waals surface area contributed by atoms with Crippen molar-refractivity contribution in [1.29, 1.82) is 0 Å². The molecule has 0 aliphatic heterocycles. The Morgan fingerprint density at radius 3 is 0.913 bits per heavy atom. The van der Waals surface area contributed by atoms with E-state index in [4.69, 9.17) is 0 Å². The molecule has 23 heavy (non-hydrogen) atoms. The number of halogens is 4. The van der Waals surface area contributed by atoms with Gasteiger partial charge in [0.1, 0.15) is 17.5 Å². The predicted molar refractivity (Wildman–Crippen MR) is 92.8 cm³/mol. The molecule has 0 aromatic heterocycles. The smallest absolute Gasteiger partial charge is 0.207 e. The molecule has 0 atom stereocenters. The first kappa shape index (κ1) is 16.0. The molecule has 0 saturated carbocycles. The van der Waals surface area contributed by atoms with E-state index in [9.17, 15) is 13.2 Å². The fourth-order valence-electron chi connectivity index (χ4n) is 2.54. The van der Waals surface area contributed by atoms with E-state index in [0.29, 0.717) is 0 Å². The molecule has 0 spiro atoms. The van der Waals surface area contributed by atoms with E-state index in [1.54, 1.807) is 36.4 Å². The standard InChI is InChI=1S/C18H12BrF3Si/c19-23(16-7-1-13(20)2-8-16,17-9-3-14(21)4-10-17)18-11-5-15(22)6-12-18/h1-12H. The van der Waals surface area contributed by atoms with Crippen LogP contribution in [0.25, 0.3) is 0 Å². The van der Waals surface area contributed by atoms with Crippen molar-refractivity contribution in [3.63, 3.8) is 0 Å². The molecule has 3 aromatic carbocycles. The lowest BCUT2D eigenvalue weighted by atomic mass is 10.3. The van der Waals surface area contributed by atoms with Crippen molar-refractivity contribution in [3.8, 4) is 0 Å². The van der Waals surface area contributed by atoms with Gasteiger partial charge in [0.2, 0.25) is 6.69 Å². The normalized spacial score (nSPS) is 11.5. The number of hydrogen-bond acceptors (Lipinski definition) is 0. The highest BCUT2D eigenvalue weighted by atomic mass is 79.9. The van der Waals surface area contributed by atoms with Gasteiger partial charge in [-0.05, 0) is 52.0 Å². The van der Waals surface area contributed by atoms with Crippen molar-refractivity contribution < 1.29 is 13.2 Å². The zero-order valence-corrected chi connectivity index (χ0v) is 14.5. The van der Waals surface area contributed by atoms with E-state index in [-0.39, 0.29) is 17.5 Å². The Labute approximate surface area is 141 Å². The summed E-state index contributed by atoms with van der Waals surface area (Å²) in [6.45, 7) is -2.63. The summed E-state index contributed by atoms with van der Waals surface area (Å²) in [5, 5.41) is 2.70. The van der Waals surface area contributed by atoms with E-state index in [1.165, 1.54) is 36.4 Å². The predicted octanol–water partition coefficient (Wildman–Crippen LogP) is 3.47. The van der Waals surface area contributed by atoms with Gasteiger partial charge >= 0.3 is 0 Å². The van der Waals surface area contributed by atoms with Gasteiger partial charge in [-0.15, -0.1) is 15.3 Å². The number of rotatable bonds is 3. The van der Waals surface area contributed by atoms with E-state index in [2.05, 4.69) is 15.3 Å². The third-order valence-electron chi connectivity index (χ3n) is 3.73. The van der Waals surface area contributed by atoms with Gasteiger partial charge in [0.15, 0.2) is 0 Å². The van der Waals surface area contributed by atoms with Gasteiger partial charge in [0.25, 0.3) is 0 Å². The van der Waals surface area contributed by atoms with Crippen LogP contribution in [0.3, 0.4) is 0 Å². The van der Waals surface area contributed by atoms with Crippen molar-refractivity contribution in [2.45, 2.75) is 0 Å². The molecule has 0 fully saturated rings. The molecule has 0 N–H and O–H groups in total. The SMILES string of the molecule is Fc1ccc([Si](Br)(c2ccc(F)cc2)c2ccc(F)cc2)cc1. The Bertz CT molecular complexity index is 688. The molecule has 0 saturated heterocycles. The van der Waals surface area contributed by atoms with Crippen LogP contribution in [0.5, 0.6) is 0 Å². The Hall–Kier alpha value is -1.85. The molecule has 0 unspecified atom stereocenters. The Morgan fingerprint density at radius 2 is 0.696 bits per heavy atom. The van der Waals surface area contributed by atoms with Crippen LogP contribution in [0.4, 0.5) is 13.2 Å². The lowest BCUT2D eigenvalue weighted by Crippen LogP contribution is -2.62. The summed E-state index contributed by atoms with van der Waals surface area (Å²) in [5.41, 5.74) is 0. The first-order chi connectivity index (χ1) is 11.0. The van der Waals surface area contributed by atoms with E-state index >= 15 is 0 Å². The third kappa shape index (κ3) is 3.12. The van der Waals surface area contributed by atoms with Crippen LogP contribution in [0.15, 0.2) is 72.8 Å². The van der Waals surface area contributed by atoms with Crippen LogP contribution in [-0.2, 0) is 0 Å². The molecular weight excluding hydrogens is 381 g/mol. The molecule has 3 rings (SSSR count). The molecule has 0 bridgehead atoms. The number of hydrogen-bond donors (Lipinski definition) is 0. The minimum atomic E-state index is -2.63. The van der Waals surface area contributed by atoms with Gasteiger partial charge in [0, 0.05) is 0 Å². The molecule has 116 valence electrons. The first-order valence-electron chi connectivity index (χ1n) is 6.97. The zero-order chi connectivity index (χ0) is 16.4. The van der Waals surface area contributed by atoms with Crippen molar-refractivity contribution in [3.05, 3.63) is 90.2 Å². The van der Waals surface area contributed by atoms with Gasteiger partial charge in [-0.2, -0.15) is 0 Å². The summed E-state index contributed by atoms with van der Waals surface area (Å²) in [4.78, 5) is 0. The Morgan fingerprint density at radius 1 is 0.478 bits per heavy atom. The topological polar surface area (TPSA) is 0 Å². The first-order valence-corrected chi connectivity index (χ1v) is 11.2. The van der Waals surface area contributed by atoms with E-state index < -0.39 is 6.69 Å². The molecule has 0 amide bonds.